The first-order valence-corrected chi connectivity index (χ1v) is 7.16. The van der Waals surface area contributed by atoms with Gasteiger partial charge in [0.2, 0.25) is 0 Å². The Balaban J connectivity index is 3.99. The fourth-order valence-corrected chi connectivity index (χ4v) is 2.10. The molecule has 1 unspecified atom stereocenters. The van der Waals surface area contributed by atoms with Crippen LogP contribution in [0.25, 0.3) is 0 Å². The van der Waals surface area contributed by atoms with Crippen molar-refractivity contribution in [3.05, 3.63) is 0 Å². The summed E-state index contributed by atoms with van der Waals surface area (Å²) in [6.45, 7) is 1.54. The Morgan fingerprint density at radius 2 is 1.60 bits per heavy atom. The van der Waals surface area contributed by atoms with Crippen LogP contribution in [0.3, 0.4) is 0 Å². The van der Waals surface area contributed by atoms with Gasteiger partial charge in [0.05, 0.1) is 0 Å². The summed E-state index contributed by atoms with van der Waals surface area (Å²) in [6, 6.07) is 0. The number of carboxylic acid groups (broad SMARTS) is 1. The highest BCUT2D eigenvalue weighted by atomic mass is 16.4. The molecule has 7 heteroatoms. The summed E-state index contributed by atoms with van der Waals surface area (Å²) in [5, 5.41) is 26.6. The third-order valence-corrected chi connectivity index (χ3v) is 3.41. The lowest BCUT2D eigenvalue weighted by molar-refractivity contribution is -0.144. The zero-order valence-electron chi connectivity index (χ0n) is 12.2. The summed E-state index contributed by atoms with van der Waals surface area (Å²) in [6.07, 6.45) is 4.78. The van der Waals surface area contributed by atoms with Crippen molar-refractivity contribution >= 4 is 18.9 Å². The van der Waals surface area contributed by atoms with Gasteiger partial charge in [-0.2, -0.15) is 0 Å². The number of rotatable bonds is 12. The van der Waals surface area contributed by atoms with Crippen LogP contribution in [0.2, 0.25) is 6.32 Å². The standard InChI is InChI=1S/C13H26BNO5/c1-11(16)7-3-2-4-8-13(15,12(17)18)9-5-6-10-14(19)20/h19-20H,2-10,15H2,1H3,(H,17,18). The van der Waals surface area contributed by atoms with Crippen LogP contribution in [-0.2, 0) is 9.59 Å². The molecule has 0 saturated heterocycles. The number of carbonyl (C=O) groups is 2. The van der Waals surface area contributed by atoms with Gasteiger partial charge in [-0.15, -0.1) is 0 Å². The first-order valence-electron chi connectivity index (χ1n) is 7.16. The minimum Gasteiger partial charge on any atom is -0.480 e. The summed E-state index contributed by atoms with van der Waals surface area (Å²) < 4.78 is 0. The number of hydrogen-bond acceptors (Lipinski definition) is 5. The molecule has 0 radical (unpaired) electrons. The molecular weight excluding hydrogens is 261 g/mol. The van der Waals surface area contributed by atoms with Crippen molar-refractivity contribution in [1.82, 2.24) is 0 Å². The van der Waals surface area contributed by atoms with E-state index in [2.05, 4.69) is 0 Å². The highest BCUT2D eigenvalue weighted by Crippen LogP contribution is 2.21. The normalized spacial score (nSPS) is 13.8. The molecule has 116 valence electrons. The highest BCUT2D eigenvalue weighted by molar-refractivity contribution is 6.40. The Kier molecular flexibility index (Phi) is 9.45. The van der Waals surface area contributed by atoms with Crippen molar-refractivity contribution in [1.29, 1.82) is 0 Å². The number of aliphatic carboxylic acids is 1. The van der Waals surface area contributed by atoms with Crippen LogP contribution in [0.4, 0.5) is 0 Å². The van der Waals surface area contributed by atoms with E-state index in [0.29, 0.717) is 38.5 Å². The molecule has 20 heavy (non-hydrogen) atoms. The minimum atomic E-state index is -1.35. The SMILES string of the molecule is CC(=O)CCCCCC(N)(CCCCB(O)O)C(=O)O. The molecule has 0 aromatic carbocycles. The highest BCUT2D eigenvalue weighted by Gasteiger charge is 2.32. The second kappa shape index (κ2) is 9.91. The molecule has 0 fully saturated rings. The van der Waals surface area contributed by atoms with Gasteiger partial charge >= 0.3 is 13.1 Å². The zero-order valence-corrected chi connectivity index (χ0v) is 12.2. The molecule has 0 saturated carbocycles. The van der Waals surface area contributed by atoms with E-state index in [1.807, 2.05) is 0 Å². The molecule has 0 heterocycles. The molecule has 0 rings (SSSR count). The lowest BCUT2D eigenvalue weighted by Crippen LogP contribution is -2.47. The van der Waals surface area contributed by atoms with Gasteiger partial charge in [0, 0.05) is 6.42 Å². The molecule has 5 N–H and O–H groups in total. The molecule has 0 amide bonds. The molecule has 0 aromatic heterocycles. The molecule has 0 aliphatic rings. The molecule has 0 aliphatic carbocycles. The van der Waals surface area contributed by atoms with Crippen molar-refractivity contribution in [2.45, 2.75) is 70.1 Å². The quantitative estimate of drug-likeness (QED) is 0.313. The maximum absolute atomic E-state index is 11.2. The number of carboxylic acids is 1. The third kappa shape index (κ3) is 9.06. The van der Waals surface area contributed by atoms with Gasteiger partial charge in [-0.05, 0) is 32.5 Å². The molecule has 0 aromatic rings. The predicted molar refractivity (Wildman–Crippen MR) is 77.2 cm³/mol. The number of Topliss-reactive ketones (excluding diaryl/α,β-unsaturated/α-hetero) is 1. The Hall–Kier alpha value is -0.915. The molecule has 0 aliphatic heterocycles. The Morgan fingerprint density at radius 1 is 1.05 bits per heavy atom. The van der Waals surface area contributed by atoms with Crippen LogP contribution >= 0.6 is 0 Å². The summed E-state index contributed by atoms with van der Waals surface area (Å²) in [5.74, 6) is -0.876. The van der Waals surface area contributed by atoms with Crippen molar-refractivity contribution in [3.8, 4) is 0 Å². The van der Waals surface area contributed by atoms with E-state index in [1.54, 1.807) is 6.92 Å². The fraction of sp³-hybridized carbons (Fsp3) is 0.846. The maximum Gasteiger partial charge on any atom is 0.451 e. The number of carbonyl (C=O) groups excluding carboxylic acids is 1. The third-order valence-electron chi connectivity index (χ3n) is 3.41. The van der Waals surface area contributed by atoms with E-state index in [1.165, 1.54) is 0 Å². The summed E-state index contributed by atoms with van der Waals surface area (Å²) in [7, 11) is -1.35. The van der Waals surface area contributed by atoms with E-state index < -0.39 is 18.6 Å². The van der Waals surface area contributed by atoms with Crippen LogP contribution in [0.5, 0.6) is 0 Å². The summed E-state index contributed by atoms with van der Waals surface area (Å²) >= 11 is 0. The lowest BCUT2D eigenvalue weighted by atomic mass is 9.81. The van der Waals surface area contributed by atoms with Gasteiger partial charge in [-0.1, -0.05) is 25.7 Å². The van der Waals surface area contributed by atoms with Crippen molar-refractivity contribution in [2.75, 3.05) is 0 Å². The molecule has 0 bridgehead atoms. The Labute approximate surface area is 120 Å². The molecular formula is C13H26BNO5. The van der Waals surface area contributed by atoms with Crippen LogP contribution < -0.4 is 5.73 Å². The number of ketones is 1. The molecule has 1 atom stereocenters. The van der Waals surface area contributed by atoms with E-state index in [0.717, 1.165) is 12.8 Å². The molecule has 6 nitrogen and oxygen atoms in total. The number of nitrogens with two attached hydrogens (primary N) is 1. The van der Waals surface area contributed by atoms with E-state index in [4.69, 9.17) is 15.8 Å². The van der Waals surface area contributed by atoms with E-state index in [9.17, 15) is 14.7 Å². The smallest absolute Gasteiger partial charge is 0.451 e. The van der Waals surface area contributed by atoms with Gasteiger partial charge in [-0.25, -0.2) is 0 Å². The Morgan fingerprint density at radius 3 is 2.05 bits per heavy atom. The van der Waals surface area contributed by atoms with Crippen LogP contribution in [-0.4, -0.2) is 39.6 Å². The van der Waals surface area contributed by atoms with E-state index >= 15 is 0 Å². The molecule has 0 spiro atoms. The second-order valence-electron chi connectivity index (χ2n) is 5.45. The second-order valence-corrected chi connectivity index (χ2v) is 5.45. The minimum absolute atomic E-state index is 0.143. The summed E-state index contributed by atoms with van der Waals surface area (Å²) in [5.41, 5.74) is 4.65. The maximum atomic E-state index is 11.2. The van der Waals surface area contributed by atoms with Crippen molar-refractivity contribution < 1.29 is 24.7 Å². The first-order chi connectivity index (χ1) is 9.28. The zero-order chi connectivity index (χ0) is 15.6. The first kappa shape index (κ1) is 19.1. The van der Waals surface area contributed by atoms with Crippen LogP contribution in [0, 0.1) is 0 Å². The van der Waals surface area contributed by atoms with E-state index in [-0.39, 0.29) is 12.1 Å². The van der Waals surface area contributed by atoms with Gasteiger partial charge < -0.3 is 25.7 Å². The van der Waals surface area contributed by atoms with Gasteiger partial charge in [0.15, 0.2) is 0 Å². The topological polar surface area (TPSA) is 121 Å². The van der Waals surface area contributed by atoms with Crippen LogP contribution in [0.1, 0.15) is 58.3 Å². The fourth-order valence-electron chi connectivity index (χ4n) is 2.10. The van der Waals surface area contributed by atoms with Crippen molar-refractivity contribution in [3.63, 3.8) is 0 Å². The average Bonchev–Trinajstić information content (AvgIpc) is 2.33. The monoisotopic (exact) mass is 287 g/mol. The predicted octanol–water partition coefficient (Wildman–Crippen LogP) is 0.951. The summed E-state index contributed by atoms with van der Waals surface area (Å²) in [4.78, 5) is 22.0. The van der Waals surface area contributed by atoms with Gasteiger partial charge in [0.1, 0.15) is 11.3 Å². The number of unbranched alkanes of at least 4 members (excludes halogenated alkanes) is 3. The van der Waals surface area contributed by atoms with Gasteiger partial charge in [-0.3, -0.25) is 4.79 Å². The average molecular weight is 287 g/mol. The Bertz CT molecular complexity index is 311. The number of hydrogen-bond donors (Lipinski definition) is 4. The van der Waals surface area contributed by atoms with Crippen molar-refractivity contribution in [2.24, 2.45) is 5.73 Å². The lowest BCUT2D eigenvalue weighted by Gasteiger charge is -2.24. The van der Waals surface area contributed by atoms with Gasteiger partial charge in [0.25, 0.3) is 0 Å². The van der Waals surface area contributed by atoms with Crippen LogP contribution in [0.15, 0.2) is 0 Å². The largest absolute Gasteiger partial charge is 0.480 e.